The van der Waals surface area contributed by atoms with E-state index < -0.39 is 42.0 Å². The lowest BCUT2D eigenvalue weighted by molar-refractivity contribution is -0.157. The Bertz CT molecular complexity index is 615. The Morgan fingerprint density at radius 2 is 1.91 bits per heavy atom. The maximum atomic E-state index is 13.7. The third-order valence-corrected chi connectivity index (χ3v) is 3.10. The molecule has 4 nitrogen and oxygen atoms in total. The number of hydrogen-bond acceptors (Lipinski definition) is 3. The number of benzene rings is 1. The van der Waals surface area contributed by atoms with Crippen LogP contribution in [0, 0.1) is 23.0 Å². The summed E-state index contributed by atoms with van der Waals surface area (Å²) >= 11 is 0. The number of carbonyl (C=O) groups excluding carboxylic acids is 1. The van der Waals surface area contributed by atoms with Crippen LogP contribution in [0.4, 0.5) is 27.6 Å². The van der Waals surface area contributed by atoms with Crippen LogP contribution in [0.25, 0.3) is 0 Å². The van der Waals surface area contributed by atoms with Crippen LogP contribution >= 0.6 is 0 Å². The van der Waals surface area contributed by atoms with Gasteiger partial charge in [-0.15, -0.1) is 0 Å². The smallest absolute Gasteiger partial charge is 0.375 e. The number of nitriles is 1. The van der Waals surface area contributed by atoms with Gasteiger partial charge in [-0.05, 0) is 12.1 Å². The maximum Gasteiger partial charge on any atom is 0.406 e. The van der Waals surface area contributed by atoms with Crippen molar-refractivity contribution in [3.05, 3.63) is 29.3 Å². The topological polar surface area (TPSA) is 56.1 Å². The first-order valence-electron chi connectivity index (χ1n) is 6.20. The Hall–Kier alpha value is -2.37. The summed E-state index contributed by atoms with van der Waals surface area (Å²) in [7, 11) is 0. The average molecular weight is 319 g/mol. The average Bonchev–Trinajstić information content (AvgIpc) is 2.72. The maximum absolute atomic E-state index is 13.7. The zero-order valence-electron chi connectivity index (χ0n) is 11.0. The van der Waals surface area contributed by atoms with Gasteiger partial charge in [-0.1, -0.05) is 0 Å². The van der Waals surface area contributed by atoms with E-state index in [4.69, 9.17) is 5.26 Å². The molecule has 0 radical (unpaired) electrons. The Labute approximate surface area is 122 Å². The zero-order valence-corrected chi connectivity index (χ0v) is 11.0. The van der Waals surface area contributed by atoms with Crippen LogP contribution < -0.4 is 5.32 Å². The summed E-state index contributed by atoms with van der Waals surface area (Å²) in [6.07, 6.45) is -4.83. The van der Waals surface area contributed by atoms with Crippen LogP contribution in [0.1, 0.15) is 12.0 Å². The Morgan fingerprint density at radius 1 is 1.32 bits per heavy atom. The van der Waals surface area contributed by atoms with Gasteiger partial charge in [0.2, 0.25) is 5.91 Å². The van der Waals surface area contributed by atoms with Crippen molar-refractivity contribution in [1.29, 1.82) is 5.26 Å². The number of halogens is 5. The number of alkyl halides is 3. The van der Waals surface area contributed by atoms with Gasteiger partial charge < -0.3 is 10.2 Å². The van der Waals surface area contributed by atoms with Crippen LogP contribution in [0.15, 0.2) is 12.1 Å². The second-order valence-electron chi connectivity index (χ2n) is 4.86. The molecule has 0 aromatic heterocycles. The number of anilines is 1. The van der Waals surface area contributed by atoms with Crippen LogP contribution in [-0.4, -0.2) is 36.1 Å². The highest BCUT2D eigenvalue weighted by Crippen LogP contribution is 2.26. The lowest BCUT2D eigenvalue weighted by Crippen LogP contribution is -2.36. The van der Waals surface area contributed by atoms with Gasteiger partial charge >= 0.3 is 6.18 Å². The SMILES string of the molecule is N#Cc1cc(F)c(N[C@H]2CC(=O)N(CC(F)(F)F)C2)c(F)c1. The van der Waals surface area contributed by atoms with Gasteiger partial charge in [-0.3, -0.25) is 4.79 Å². The number of hydrogen-bond donors (Lipinski definition) is 1. The largest absolute Gasteiger partial charge is 0.406 e. The summed E-state index contributed by atoms with van der Waals surface area (Å²) < 4.78 is 64.2. The van der Waals surface area contributed by atoms with E-state index >= 15 is 0 Å². The van der Waals surface area contributed by atoms with Gasteiger partial charge in [0, 0.05) is 13.0 Å². The van der Waals surface area contributed by atoms with E-state index in [0.29, 0.717) is 4.90 Å². The molecule has 1 aliphatic heterocycles. The van der Waals surface area contributed by atoms with Gasteiger partial charge in [0.1, 0.15) is 12.2 Å². The van der Waals surface area contributed by atoms with Crippen molar-refractivity contribution in [1.82, 2.24) is 4.90 Å². The summed E-state index contributed by atoms with van der Waals surface area (Å²) in [6, 6.07) is 2.34. The van der Waals surface area contributed by atoms with E-state index in [2.05, 4.69) is 5.32 Å². The lowest BCUT2D eigenvalue weighted by atomic mass is 10.1. The highest BCUT2D eigenvalue weighted by atomic mass is 19.4. The predicted octanol–water partition coefficient (Wildman–Crippen LogP) is 2.41. The molecule has 0 saturated carbocycles. The Morgan fingerprint density at radius 3 is 2.41 bits per heavy atom. The fraction of sp³-hybridized carbons (Fsp3) is 0.385. The van der Waals surface area contributed by atoms with E-state index in [1.807, 2.05) is 0 Å². The van der Waals surface area contributed by atoms with Crippen molar-refractivity contribution >= 4 is 11.6 Å². The minimum Gasteiger partial charge on any atom is -0.375 e. The molecule has 118 valence electrons. The van der Waals surface area contributed by atoms with Crippen LogP contribution in [-0.2, 0) is 4.79 Å². The molecular weight excluding hydrogens is 309 g/mol. The van der Waals surface area contributed by atoms with Crippen molar-refractivity contribution in [3.63, 3.8) is 0 Å². The van der Waals surface area contributed by atoms with E-state index in [1.54, 1.807) is 6.07 Å². The minimum absolute atomic E-state index is 0.221. The molecule has 1 aromatic rings. The van der Waals surface area contributed by atoms with E-state index in [-0.39, 0.29) is 18.5 Å². The molecule has 0 unspecified atom stereocenters. The first kappa shape index (κ1) is 16.0. The highest BCUT2D eigenvalue weighted by molar-refractivity contribution is 5.80. The second kappa shape index (κ2) is 5.79. The molecule has 9 heteroatoms. The summed E-state index contributed by atoms with van der Waals surface area (Å²) in [4.78, 5) is 12.1. The van der Waals surface area contributed by atoms with Crippen molar-refractivity contribution in [2.45, 2.75) is 18.6 Å². The molecule has 1 saturated heterocycles. The molecule has 1 fully saturated rings. The van der Waals surface area contributed by atoms with Gasteiger partial charge in [-0.2, -0.15) is 18.4 Å². The second-order valence-corrected chi connectivity index (χ2v) is 4.86. The molecule has 0 spiro atoms. The molecule has 1 aromatic carbocycles. The van der Waals surface area contributed by atoms with Crippen molar-refractivity contribution < 1.29 is 26.7 Å². The normalized spacial score (nSPS) is 18.5. The fourth-order valence-corrected chi connectivity index (χ4v) is 2.22. The van der Waals surface area contributed by atoms with Crippen molar-refractivity contribution in [2.24, 2.45) is 0 Å². The number of rotatable bonds is 3. The minimum atomic E-state index is -4.53. The standard InChI is InChI=1S/C13H10F5N3O/c14-9-1-7(4-19)2-10(15)12(9)20-8-3-11(22)21(5-8)6-13(16,17)18/h1-2,8,20H,3,5-6H2/t8-/m0/s1. The van der Waals surface area contributed by atoms with Crippen molar-refractivity contribution in [3.8, 4) is 6.07 Å². The number of nitrogens with zero attached hydrogens (tertiary/aromatic N) is 2. The molecule has 1 aliphatic rings. The monoisotopic (exact) mass is 319 g/mol. The van der Waals surface area contributed by atoms with E-state index in [9.17, 15) is 26.7 Å². The molecule has 0 aliphatic carbocycles. The Kier molecular flexibility index (Phi) is 4.21. The fourth-order valence-electron chi connectivity index (χ4n) is 2.22. The first-order chi connectivity index (χ1) is 10.2. The summed E-state index contributed by atoms with van der Waals surface area (Å²) in [5, 5.41) is 11.0. The van der Waals surface area contributed by atoms with E-state index in [1.165, 1.54) is 0 Å². The van der Waals surface area contributed by atoms with Gasteiger partial charge in [0.25, 0.3) is 0 Å². The molecule has 1 heterocycles. The summed E-state index contributed by atoms with van der Waals surface area (Å²) in [6.45, 7) is -1.71. The predicted molar refractivity (Wildman–Crippen MR) is 65.7 cm³/mol. The highest BCUT2D eigenvalue weighted by Gasteiger charge is 2.38. The lowest BCUT2D eigenvalue weighted by Gasteiger charge is -2.19. The third-order valence-electron chi connectivity index (χ3n) is 3.10. The molecular formula is C13H10F5N3O. The quantitative estimate of drug-likeness (QED) is 0.871. The number of nitrogens with one attached hydrogen (secondary N) is 1. The number of likely N-dealkylation sites (tertiary alicyclic amines) is 1. The molecule has 2 rings (SSSR count). The zero-order chi connectivity index (χ0) is 16.5. The number of amides is 1. The molecule has 22 heavy (non-hydrogen) atoms. The van der Waals surface area contributed by atoms with E-state index in [0.717, 1.165) is 12.1 Å². The van der Waals surface area contributed by atoms with Crippen LogP contribution in [0.5, 0.6) is 0 Å². The molecule has 1 amide bonds. The molecule has 1 atom stereocenters. The van der Waals surface area contributed by atoms with Gasteiger partial charge in [-0.25, -0.2) is 8.78 Å². The molecule has 0 bridgehead atoms. The van der Waals surface area contributed by atoms with Gasteiger partial charge in [0.15, 0.2) is 11.6 Å². The Balaban J connectivity index is 2.10. The van der Waals surface area contributed by atoms with Crippen molar-refractivity contribution in [2.75, 3.05) is 18.4 Å². The third kappa shape index (κ3) is 3.63. The number of carbonyl (C=O) groups is 1. The van der Waals surface area contributed by atoms with Crippen LogP contribution in [0.3, 0.4) is 0 Å². The summed E-state index contributed by atoms with van der Waals surface area (Å²) in [5.41, 5.74) is -0.785. The molecule has 1 N–H and O–H groups in total. The van der Waals surface area contributed by atoms with Crippen LogP contribution in [0.2, 0.25) is 0 Å². The first-order valence-corrected chi connectivity index (χ1v) is 6.20. The summed E-state index contributed by atoms with van der Waals surface area (Å²) in [5.74, 6) is -2.83. The van der Waals surface area contributed by atoms with Gasteiger partial charge in [0.05, 0.1) is 17.7 Å².